The molecule has 0 radical (unpaired) electrons. The van der Waals surface area contributed by atoms with Gasteiger partial charge in [0.15, 0.2) is 6.61 Å². The number of Topliss-reactive ketones (excluding diaryl/α,β-unsaturated/α-hetero) is 1. The fraction of sp³-hybridized carbons (Fsp3) is 0.381. The number of hydrogen-bond acceptors (Lipinski definition) is 7. The first-order valence-electron chi connectivity index (χ1n) is 9.26. The Labute approximate surface area is 174 Å². The minimum absolute atomic E-state index is 0.0841. The molecule has 0 bridgehead atoms. The van der Waals surface area contributed by atoms with Gasteiger partial charge in [0.05, 0.1) is 18.6 Å². The van der Waals surface area contributed by atoms with Crippen LogP contribution in [0.4, 0.5) is 0 Å². The minimum atomic E-state index is -0.431. The molecule has 29 heavy (non-hydrogen) atoms. The molecule has 2 aromatic rings. The molecular weight excluding hydrogens is 394 g/mol. The third-order valence-corrected chi connectivity index (χ3v) is 5.09. The molecule has 0 atom stereocenters. The van der Waals surface area contributed by atoms with E-state index in [0.29, 0.717) is 36.6 Å². The SMILES string of the molecule is COc1ccc(OCCCC(=O)OCC(=O)c2ccc(CCNC(C)=O)s2)cc1. The molecule has 156 valence electrons. The van der Waals surface area contributed by atoms with Gasteiger partial charge in [-0.1, -0.05) is 0 Å². The lowest BCUT2D eigenvalue weighted by molar-refractivity contribution is -0.142. The molecule has 7 nitrogen and oxygen atoms in total. The van der Waals surface area contributed by atoms with Crippen molar-refractivity contribution in [1.29, 1.82) is 0 Å². The van der Waals surface area contributed by atoms with Gasteiger partial charge in [-0.2, -0.15) is 0 Å². The van der Waals surface area contributed by atoms with Gasteiger partial charge in [-0.25, -0.2) is 0 Å². The van der Waals surface area contributed by atoms with Crippen molar-refractivity contribution in [2.75, 3.05) is 26.9 Å². The van der Waals surface area contributed by atoms with Gasteiger partial charge in [-0.3, -0.25) is 14.4 Å². The molecule has 0 aliphatic rings. The first-order chi connectivity index (χ1) is 14.0. The first kappa shape index (κ1) is 22.4. The Hall–Kier alpha value is -2.87. The molecule has 0 spiro atoms. The van der Waals surface area contributed by atoms with Crippen LogP contribution in [0.3, 0.4) is 0 Å². The third-order valence-electron chi connectivity index (χ3n) is 3.90. The Morgan fingerprint density at radius 1 is 1.03 bits per heavy atom. The Balaban J connectivity index is 1.62. The van der Waals surface area contributed by atoms with Crippen molar-refractivity contribution in [2.45, 2.75) is 26.2 Å². The number of rotatable bonds is 12. The van der Waals surface area contributed by atoms with Crippen LogP contribution >= 0.6 is 11.3 Å². The molecule has 0 saturated carbocycles. The molecular formula is C21H25NO6S. The van der Waals surface area contributed by atoms with E-state index in [0.717, 1.165) is 10.6 Å². The Kier molecular flexibility index (Phi) is 9.17. The highest BCUT2D eigenvalue weighted by Gasteiger charge is 2.12. The Bertz CT molecular complexity index is 815. The van der Waals surface area contributed by atoms with Gasteiger partial charge in [-0.05, 0) is 49.2 Å². The number of hydrogen-bond donors (Lipinski definition) is 1. The summed E-state index contributed by atoms with van der Waals surface area (Å²) in [6.45, 7) is 2.09. The van der Waals surface area contributed by atoms with E-state index < -0.39 is 5.97 Å². The maximum Gasteiger partial charge on any atom is 0.306 e. The van der Waals surface area contributed by atoms with Crippen molar-refractivity contribution in [3.05, 3.63) is 46.2 Å². The van der Waals surface area contributed by atoms with E-state index in [2.05, 4.69) is 5.32 Å². The molecule has 2 rings (SSSR count). The summed E-state index contributed by atoms with van der Waals surface area (Å²) in [6, 6.07) is 10.7. The van der Waals surface area contributed by atoms with Crippen LogP contribution in [0.15, 0.2) is 36.4 Å². The normalized spacial score (nSPS) is 10.3. The average Bonchev–Trinajstić information content (AvgIpc) is 3.18. The van der Waals surface area contributed by atoms with Crippen molar-refractivity contribution in [3.63, 3.8) is 0 Å². The lowest BCUT2D eigenvalue weighted by Crippen LogP contribution is -2.22. The second-order valence-corrected chi connectivity index (χ2v) is 7.38. The quantitative estimate of drug-likeness (QED) is 0.323. The van der Waals surface area contributed by atoms with E-state index in [9.17, 15) is 14.4 Å². The number of esters is 1. The number of nitrogens with one attached hydrogen (secondary N) is 1. The number of ether oxygens (including phenoxy) is 3. The van der Waals surface area contributed by atoms with Crippen molar-refractivity contribution in [3.8, 4) is 11.5 Å². The fourth-order valence-electron chi connectivity index (χ4n) is 2.39. The number of ketones is 1. The van der Waals surface area contributed by atoms with Crippen LogP contribution in [0, 0.1) is 0 Å². The molecule has 0 unspecified atom stereocenters. The third kappa shape index (κ3) is 8.35. The predicted molar refractivity (Wildman–Crippen MR) is 110 cm³/mol. The smallest absolute Gasteiger partial charge is 0.306 e. The zero-order valence-corrected chi connectivity index (χ0v) is 17.4. The Morgan fingerprint density at radius 2 is 1.76 bits per heavy atom. The van der Waals surface area contributed by atoms with Crippen molar-refractivity contribution >= 4 is 29.0 Å². The second-order valence-electron chi connectivity index (χ2n) is 6.21. The molecule has 1 aromatic carbocycles. The lowest BCUT2D eigenvalue weighted by Gasteiger charge is -2.07. The zero-order chi connectivity index (χ0) is 21.1. The monoisotopic (exact) mass is 419 g/mol. The number of amides is 1. The number of benzene rings is 1. The summed E-state index contributed by atoms with van der Waals surface area (Å²) in [5.41, 5.74) is 0. The molecule has 1 amide bonds. The summed E-state index contributed by atoms with van der Waals surface area (Å²) >= 11 is 1.34. The van der Waals surface area contributed by atoms with Crippen molar-refractivity contribution < 1.29 is 28.6 Å². The summed E-state index contributed by atoms with van der Waals surface area (Å²) in [6.07, 6.45) is 1.33. The molecule has 8 heteroatoms. The van der Waals surface area contributed by atoms with Crippen LogP contribution in [0.2, 0.25) is 0 Å². The van der Waals surface area contributed by atoms with Crippen molar-refractivity contribution in [2.24, 2.45) is 0 Å². The van der Waals surface area contributed by atoms with Crippen LogP contribution in [0.5, 0.6) is 11.5 Å². The first-order valence-corrected chi connectivity index (χ1v) is 10.1. The number of thiophene rings is 1. The van der Waals surface area contributed by atoms with Crippen molar-refractivity contribution in [1.82, 2.24) is 5.32 Å². The number of carbonyl (C=O) groups excluding carboxylic acids is 3. The largest absolute Gasteiger partial charge is 0.497 e. The van der Waals surface area contributed by atoms with E-state index in [1.54, 1.807) is 37.4 Å². The minimum Gasteiger partial charge on any atom is -0.497 e. The average molecular weight is 419 g/mol. The predicted octanol–water partition coefficient (Wildman–Crippen LogP) is 3.02. The van der Waals surface area contributed by atoms with Gasteiger partial charge in [0.25, 0.3) is 0 Å². The molecule has 0 fully saturated rings. The Morgan fingerprint density at radius 3 is 2.45 bits per heavy atom. The van der Waals surface area contributed by atoms with E-state index in [-0.39, 0.29) is 24.7 Å². The molecule has 1 aromatic heterocycles. The summed E-state index contributed by atoms with van der Waals surface area (Å²) in [7, 11) is 1.60. The van der Waals surface area contributed by atoms with E-state index >= 15 is 0 Å². The second kappa shape index (κ2) is 11.9. The molecule has 1 heterocycles. The standard InChI is InChI=1S/C21H25NO6S/c1-15(23)22-12-11-18-9-10-20(29-18)19(24)14-28-21(25)4-3-13-27-17-7-5-16(26-2)6-8-17/h5-10H,3-4,11-14H2,1-2H3,(H,22,23). The van der Waals surface area contributed by atoms with Gasteiger partial charge in [0, 0.05) is 24.8 Å². The highest BCUT2D eigenvalue weighted by molar-refractivity contribution is 7.14. The molecule has 0 saturated heterocycles. The van der Waals surface area contributed by atoms with Crippen LogP contribution in [-0.4, -0.2) is 44.5 Å². The molecule has 0 aliphatic carbocycles. The van der Waals surface area contributed by atoms with Gasteiger partial charge >= 0.3 is 5.97 Å². The van der Waals surface area contributed by atoms with E-state index in [4.69, 9.17) is 14.2 Å². The highest BCUT2D eigenvalue weighted by atomic mass is 32.1. The van der Waals surface area contributed by atoms with Gasteiger partial charge in [-0.15, -0.1) is 11.3 Å². The molecule has 1 N–H and O–H groups in total. The summed E-state index contributed by atoms with van der Waals surface area (Å²) in [4.78, 5) is 36.3. The maximum absolute atomic E-state index is 12.1. The fourth-order valence-corrected chi connectivity index (χ4v) is 3.32. The van der Waals surface area contributed by atoms with Gasteiger partial charge in [0.2, 0.25) is 11.7 Å². The van der Waals surface area contributed by atoms with Gasteiger partial charge in [0.1, 0.15) is 11.5 Å². The highest BCUT2D eigenvalue weighted by Crippen LogP contribution is 2.18. The maximum atomic E-state index is 12.1. The van der Waals surface area contributed by atoms with Gasteiger partial charge < -0.3 is 19.5 Å². The topological polar surface area (TPSA) is 90.9 Å². The summed E-state index contributed by atoms with van der Waals surface area (Å²) in [5, 5.41) is 2.71. The van der Waals surface area contributed by atoms with Crippen LogP contribution < -0.4 is 14.8 Å². The summed E-state index contributed by atoms with van der Waals surface area (Å²) in [5.74, 6) is 0.694. The lowest BCUT2D eigenvalue weighted by atomic mass is 10.3. The van der Waals surface area contributed by atoms with E-state index in [1.807, 2.05) is 6.07 Å². The zero-order valence-electron chi connectivity index (χ0n) is 16.6. The number of carbonyl (C=O) groups is 3. The summed E-state index contributed by atoms with van der Waals surface area (Å²) < 4.78 is 15.7. The van der Waals surface area contributed by atoms with Crippen LogP contribution in [0.25, 0.3) is 0 Å². The molecule has 0 aliphatic heterocycles. The van der Waals surface area contributed by atoms with Crippen LogP contribution in [0.1, 0.15) is 34.3 Å². The van der Waals surface area contributed by atoms with Crippen LogP contribution in [-0.2, 0) is 20.7 Å². The number of methoxy groups -OCH3 is 1. The van der Waals surface area contributed by atoms with E-state index in [1.165, 1.54) is 18.3 Å².